The van der Waals surface area contributed by atoms with Crippen molar-refractivity contribution in [1.29, 1.82) is 0 Å². The quantitative estimate of drug-likeness (QED) is 0.411. The average Bonchev–Trinajstić information content (AvgIpc) is 2.28. The maximum Gasteiger partial charge on any atom is 0.160 e. The first-order valence-electron chi connectivity index (χ1n) is 4.91. The number of hydrogen-bond acceptors (Lipinski definition) is 0. The number of alkyl halides is 3. The van der Waals surface area contributed by atoms with Crippen LogP contribution in [0.4, 0.5) is 0 Å². The van der Waals surface area contributed by atoms with Crippen LogP contribution in [0.1, 0.15) is 5.56 Å². The third kappa shape index (κ3) is 3.22. The van der Waals surface area contributed by atoms with E-state index < -0.39 is 2.14 Å². The number of rotatable bonds is 1. The Morgan fingerprint density at radius 1 is 0.706 bits per heavy atom. The molecule has 0 N–H and O–H groups in total. The van der Waals surface area contributed by atoms with Gasteiger partial charge < -0.3 is 0 Å². The highest BCUT2D eigenvalue weighted by Gasteiger charge is 2.24. The van der Waals surface area contributed by atoms with E-state index in [4.69, 9.17) is 0 Å². The molecule has 2 rings (SSSR count). The summed E-state index contributed by atoms with van der Waals surface area (Å²) in [4.78, 5) is 0. The van der Waals surface area contributed by atoms with E-state index in [9.17, 15) is 0 Å². The second-order valence-corrected chi connectivity index (χ2v) is 11.1. The summed E-state index contributed by atoms with van der Waals surface area (Å²) in [5.41, 5.74) is 3.48. The van der Waals surface area contributed by atoms with Crippen molar-refractivity contribution in [2.75, 3.05) is 0 Å². The highest BCUT2D eigenvalue weighted by atomic mass is 80.0. The molecule has 0 fully saturated rings. The zero-order valence-electron chi connectivity index (χ0n) is 8.63. The third-order valence-corrected chi connectivity index (χ3v) is 4.37. The molecule has 0 aliphatic carbocycles. The van der Waals surface area contributed by atoms with Gasteiger partial charge in [-0.2, -0.15) is 0 Å². The van der Waals surface area contributed by atoms with E-state index in [-0.39, 0.29) is 0 Å². The Kier molecular flexibility index (Phi) is 4.50. The predicted molar refractivity (Wildman–Crippen MR) is 88.0 cm³/mol. The minimum atomic E-state index is -0.404. The van der Waals surface area contributed by atoms with E-state index in [1.165, 1.54) is 11.1 Å². The van der Waals surface area contributed by atoms with Crippen molar-refractivity contribution >= 4 is 63.7 Å². The van der Waals surface area contributed by atoms with Gasteiger partial charge in [-0.25, -0.2) is 0 Å². The molecule has 0 spiro atoms. The van der Waals surface area contributed by atoms with Gasteiger partial charge in [0.2, 0.25) is 0 Å². The Labute approximate surface area is 134 Å². The summed E-state index contributed by atoms with van der Waals surface area (Å²) in [6.45, 7) is 0. The van der Waals surface area contributed by atoms with Crippen LogP contribution in [0, 0.1) is 0 Å². The van der Waals surface area contributed by atoms with E-state index in [0.29, 0.717) is 0 Å². The molecule has 17 heavy (non-hydrogen) atoms. The van der Waals surface area contributed by atoms with Crippen molar-refractivity contribution in [1.82, 2.24) is 0 Å². The van der Waals surface area contributed by atoms with Gasteiger partial charge in [0, 0.05) is 4.47 Å². The van der Waals surface area contributed by atoms with Gasteiger partial charge >= 0.3 is 0 Å². The van der Waals surface area contributed by atoms with Crippen LogP contribution in [0.2, 0.25) is 0 Å². The molecule has 88 valence electrons. The Morgan fingerprint density at radius 2 is 1.24 bits per heavy atom. The molecule has 0 nitrogen and oxygen atoms in total. The highest BCUT2D eigenvalue weighted by molar-refractivity contribution is 9.38. The summed E-state index contributed by atoms with van der Waals surface area (Å²) in [5, 5.41) is 0. The molecule has 0 aromatic heterocycles. The molecule has 0 atom stereocenters. The van der Waals surface area contributed by atoms with Crippen LogP contribution in [0.25, 0.3) is 11.1 Å². The average molecular weight is 484 g/mol. The van der Waals surface area contributed by atoms with Crippen LogP contribution in [-0.2, 0) is 2.14 Å². The van der Waals surface area contributed by atoms with Crippen molar-refractivity contribution in [3.8, 4) is 11.1 Å². The summed E-state index contributed by atoms with van der Waals surface area (Å²) in [7, 11) is 0. The lowest BCUT2D eigenvalue weighted by Gasteiger charge is -2.18. The summed E-state index contributed by atoms with van der Waals surface area (Å²) in [6, 6.07) is 16.4. The van der Waals surface area contributed by atoms with Crippen molar-refractivity contribution in [2.24, 2.45) is 0 Å². The van der Waals surface area contributed by atoms with E-state index in [1.807, 2.05) is 30.3 Å². The maximum atomic E-state index is 3.59. The van der Waals surface area contributed by atoms with Gasteiger partial charge in [0.1, 0.15) is 0 Å². The first-order chi connectivity index (χ1) is 8.00. The number of halogens is 4. The van der Waals surface area contributed by atoms with Crippen LogP contribution in [0.3, 0.4) is 0 Å². The largest absolute Gasteiger partial charge is 0.160 e. The third-order valence-electron chi connectivity index (χ3n) is 2.40. The van der Waals surface area contributed by atoms with Crippen molar-refractivity contribution < 1.29 is 0 Å². The lowest BCUT2D eigenvalue weighted by molar-refractivity contribution is 1.36. The second kappa shape index (κ2) is 5.55. The molecule has 0 amide bonds. The standard InChI is InChI=1S/C13H8Br4/c14-12-8-4-2-6-10(12)9-5-1-3-7-11(9)13(15,16)17/h1-8H. The molecule has 0 heterocycles. The summed E-state index contributed by atoms with van der Waals surface area (Å²) in [5.74, 6) is 0. The monoisotopic (exact) mass is 480 g/mol. The molecule has 2 aromatic rings. The van der Waals surface area contributed by atoms with Gasteiger partial charge in [0.05, 0.1) is 0 Å². The molecule has 0 bridgehead atoms. The fourth-order valence-electron chi connectivity index (χ4n) is 1.64. The number of hydrogen-bond donors (Lipinski definition) is 0. The lowest BCUT2D eigenvalue weighted by atomic mass is 10.0. The minimum absolute atomic E-state index is 0.404. The first-order valence-corrected chi connectivity index (χ1v) is 8.08. The zero-order valence-corrected chi connectivity index (χ0v) is 15.0. The van der Waals surface area contributed by atoms with Crippen molar-refractivity contribution in [2.45, 2.75) is 2.14 Å². The molecule has 2 aromatic carbocycles. The van der Waals surface area contributed by atoms with Crippen LogP contribution in [0.15, 0.2) is 53.0 Å². The summed E-state index contributed by atoms with van der Waals surface area (Å²) >= 11 is 14.3. The molecule has 0 aliphatic heterocycles. The molecular formula is C13H8Br4. The minimum Gasteiger partial charge on any atom is -0.0618 e. The van der Waals surface area contributed by atoms with Crippen LogP contribution in [0.5, 0.6) is 0 Å². The fourth-order valence-corrected chi connectivity index (χ4v) is 3.18. The topological polar surface area (TPSA) is 0 Å². The van der Waals surface area contributed by atoms with E-state index in [2.05, 4.69) is 81.9 Å². The maximum absolute atomic E-state index is 3.59. The van der Waals surface area contributed by atoms with E-state index in [0.717, 1.165) is 10.0 Å². The first kappa shape index (κ1) is 13.8. The van der Waals surface area contributed by atoms with E-state index in [1.54, 1.807) is 0 Å². The van der Waals surface area contributed by atoms with Crippen LogP contribution < -0.4 is 0 Å². The molecule has 0 saturated carbocycles. The van der Waals surface area contributed by atoms with Gasteiger partial charge in [-0.05, 0) is 22.8 Å². The van der Waals surface area contributed by atoms with E-state index >= 15 is 0 Å². The van der Waals surface area contributed by atoms with Crippen molar-refractivity contribution in [3.63, 3.8) is 0 Å². The van der Waals surface area contributed by atoms with Crippen LogP contribution >= 0.6 is 63.7 Å². The summed E-state index contributed by atoms with van der Waals surface area (Å²) < 4.78 is 0.683. The zero-order chi connectivity index (χ0) is 12.5. The SMILES string of the molecule is Brc1ccccc1-c1ccccc1C(Br)(Br)Br. The Hall–Kier alpha value is 0.360. The molecule has 0 radical (unpaired) electrons. The Bertz CT molecular complexity index is 529. The predicted octanol–water partition coefficient (Wildman–Crippen LogP) is 6.41. The smallest absolute Gasteiger partial charge is 0.0618 e. The lowest BCUT2D eigenvalue weighted by Crippen LogP contribution is -2.00. The van der Waals surface area contributed by atoms with Crippen LogP contribution in [-0.4, -0.2) is 0 Å². The van der Waals surface area contributed by atoms with Gasteiger partial charge in [-0.3, -0.25) is 0 Å². The molecular weight excluding hydrogens is 476 g/mol. The summed E-state index contributed by atoms with van der Waals surface area (Å²) in [6.07, 6.45) is 0. The molecule has 0 unspecified atom stereocenters. The number of benzene rings is 2. The fraction of sp³-hybridized carbons (Fsp3) is 0.0769. The molecule has 0 aliphatic rings. The second-order valence-electron chi connectivity index (χ2n) is 3.52. The molecule has 0 saturated heterocycles. The Balaban J connectivity index is 2.65. The Morgan fingerprint density at radius 3 is 1.82 bits per heavy atom. The van der Waals surface area contributed by atoms with Gasteiger partial charge in [0.25, 0.3) is 0 Å². The van der Waals surface area contributed by atoms with Gasteiger partial charge in [-0.1, -0.05) is 106 Å². The van der Waals surface area contributed by atoms with Gasteiger partial charge in [-0.15, -0.1) is 0 Å². The normalized spacial score (nSPS) is 11.5. The van der Waals surface area contributed by atoms with Gasteiger partial charge in [0.15, 0.2) is 2.14 Å². The molecule has 4 heteroatoms. The van der Waals surface area contributed by atoms with Crippen molar-refractivity contribution in [3.05, 3.63) is 58.6 Å². The highest BCUT2D eigenvalue weighted by Crippen LogP contribution is 2.48.